The highest BCUT2D eigenvalue weighted by molar-refractivity contribution is 5.74. The van der Waals surface area contributed by atoms with Crippen molar-refractivity contribution in [3.05, 3.63) is 0 Å². The molecule has 0 aromatic heterocycles. The van der Waals surface area contributed by atoms with Crippen molar-refractivity contribution in [3.8, 4) is 0 Å². The molecule has 2 amide bonds. The van der Waals surface area contributed by atoms with Gasteiger partial charge in [-0.1, -0.05) is 19.3 Å². The first-order valence-electron chi connectivity index (χ1n) is 7.29. The Bertz CT molecular complexity index is 338. The summed E-state index contributed by atoms with van der Waals surface area (Å²) >= 11 is 0. The van der Waals surface area contributed by atoms with Gasteiger partial charge in [0.05, 0.1) is 12.0 Å². The van der Waals surface area contributed by atoms with Crippen LogP contribution in [0.2, 0.25) is 0 Å². The summed E-state index contributed by atoms with van der Waals surface area (Å²) in [5, 5.41) is 23.8. The van der Waals surface area contributed by atoms with Crippen LogP contribution in [0.5, 0.6) is 0 Å². The molecule has 20 heavy (non-hydrogen) atoms. The zero-order valence-corrected chi connectivity index (χ0v) is 12.3. The molecule has 2 atom stereocenters. The third-order valence-corrected chi connectivity index (χ3v) is 3.88. The summed E-state index contributed by atoms with van der Waals surface area (Å²) < 4.78 is 0. The standard InChI is InChI=1S/C14H26N2O4/c1-10(11-6-4-3-5-7-11)16-13(19)15-9-14(2,20)8-12(17)18/h10-11,20H,3-9H2,1-2H3,(H,17,18)(H2,15,16,19). The smallest absolute Gasteiger partial charge is 0.315 e. The van der Waals surface area contributed by atoms with Crippen LogP contribution in [-0.2, 0) is 4.79 Å². The number of carboxylic acids is 1. The van der Waals surface area contributed by atoms with Crippen LogP contribution >= 0.6 is 0 Å². The van der Waals surface area contributed by atoms with Crippen LogP contribution in [0.4, 0.5) is 4.79 Å². The predicted octanol–water partition coefficient (Wildman–Crippen LogP) is 1.48. The van der Waals surface area contributed by atoms with Crippen molar-refractivity contribution in [3.63, 3.8) is 0 Å². The number of aliphatic hydroxyl groups is 1. The summed E-state index contributed by atoms with van der Waals surface area (Å²) in [6.45, 7) is 3.31. The maximum atomic E-state index is 11.7. The van der Waals surface area contributed by atoms with E-state index in [2.05, 4.69) is 10.6 Å². The summed E-state index contributed by atoms with van der Waals surface area (Å²) in [4.78, 5) is 22.3. The average Bonchev–Trinajstić information content (AvgIpc) is 2.36. The molecular weight excluding hydrogens is 260 g/mol. The van der Waals surface area contributed by atoms with E-state index < -0.39 is 18.0 Å². The Morgan fingerprint density at radius 2 is 1.90 bits per heavy atom. The van der Waals surface area contributed by atoms with Gasteiger partial charge in [-0.25, -0.2) is 4.79 Å². The number of rotatable bonds is 6. The van der Waals surface area contributed by atoms with Crippen molar-refractivity contribution >= 4 is 12.0 Å². The molecule has 6 heteroatoms. The number of carboxylic acid groups (broad SMARTS) is 1. The summed E-state index contributed by atoms with van der Waals surface area (Å²) in [6.07, 6.45) is 5.58. The third-order valence-electron chi connectivity index (χ3n) is 3.88. The van der Waals surface area contributed by atoms with E-state index in [-0.39, 0.29) is 18.6 Å². The fourth-order valence-electron chi connectivity index (χ4n) is 2.67. The Morgan fingerprint density at radius 1 is 1.30 bits per heavy atom. The van der Waals surface area contributed by atoms with E-state index in [0.717, 1.165) is 12.8 Å². The minimum absolute atomic E-state index is 0.0808. The fraction of sp³-hybridized carbons (Fsp3) is 0.857. The van der Waals surface area contributed by atoms with Crippen molar-refractivity contribution in [2.45, 2.75) is 64.0 Å². The Labute approximate surface area is 119 Å². The van der Waals surface area contributed by atoms with Crippen LogP contribution < -0.4 is 10.6 Å². The quantitative estimate of drug-likeness (QED) is 0.594. The number of hydrogen-bond acceptors (Lipinski definition) is 3. The first-order chi connectivity index (χ1) is 9.30. The number of carbonyl (C=O) groups is 2. The van der Waals surface area contributed by atoms with Crippen molar-refractivity contribution in [1.82, 2.24) is 10.6 Å². The summed E-state index contributed by atoms with van der Waals surface area (Å²) in [5.74, 6) is -0.582. The molecule has 0 spiro atoms. The largest absolute Gasteiger partial charge is 0.481 e. The van der Waals surface area contributed by atoms with E-state index >= 15 is 0 Å². The normalized spacial score (nSPS) is 20.8. The molecule has 0 saturated heterocycles. The minimum atomic E-state index is -1.43. The van der Waals surface area contributed by atoms with E-state index in [9.17, 15) is 14.7 Å². The van der Waals surface area contributed by atoms with Gasteiger partial charge in [-0.05, 0) is 32.6 Å². The van der Waals surface area contributed by atoms with Gasteiger partial charge in [0.2, 0.25) is 0 Å². The number of aliphatic carboxylic acids is 1. The Morgan fingerprint density at radius 3 is 2.45 bits per heavy atom. The topological polar surface area (TPSA) is 98.7 Å². The second-order valence-corrected chi connectivity index (χ2v) is 6.08. The summed E-state index contributed by atoms with van der Waals surface area (Å²) in [7, 11) is 0. The van der Waals surface area contributed by atoms with Gasteiger partial charge in [-0.15, -0.1) is 0 Å². The molecule has 4 N–H and O–H groups in total. The van der Waals surface area contributed by atoms with E-state index in [4.69, 9.17) is 5.11 Å². The molecule has 1 rings (SSSR count). The lowest BCUT2D eigenvalue weighted by molar-refractivity contribution is -0.141. The van der Waals surface area contributed by atoms with Crippen LogP contribution in [-0.4, -0.2) is 40.4 Å². The average molecular weight is 286 g/mol. The van der Waals surface area contributed by atoms with Crippen molar-refractivity contribution in [1.29, 1.82) is 0 Å². The summed E-state index contributed by atoms with van der Waals surface area (Å²) in [6, 6.07) is -0.256. The molecule has 2 unspecified atom stereocenters. The molecule has 0 radical (unpaired) electrons. The van der Waals surface area contributed by atoms with E-state index in [0.29, 0.717) is 5.92 Å². The molecule has 0 aromatic rings. The Hall–Kier alpha value is -1.30. The highest BCUT2D eigenvalue weighted by atomic mass is 16.4. The van der Waals surface area contributed by atoms with Gasteiger partial charge < -0.3 is 20.8 Å². The lowest BCUT2D eigenvalue weighted by Gasteiger charge is -2.29. The second-order valence-electron chi connectivity index (χ2n) is 6.08. The van der Waals surface area contributed by atoms with E-state index in [1.165, 1.54) is 26.2 Å². The Balaban J connectivity index is 2.30. The first kappa shape index (κ1) is 16.8. The van der Waals surface area contributed by atoms with Gasteiger partial charge in [0.1, 0.15) is 0 Å². The molecule has 1 aliphatic carbocycles. The van der Waals surface area contributed by atoms with Crippen molar-refractivity contribution in [2.75, 3.05) is 6.54 Å². The highest BCUT2D eigenvalue weighted by Gasteiger charge is 2.26. The minimum Gasteiger partial charge on any atom is -0.481 e. The van der Waals surface area contributed by atoms with Crippen LogP contribution in [0.15, 0.2) is 0 Å². The van der Waals surface area contributed by atoms with Crippen LogP contribution in [0.3, 0.4) is 0 Å². The van der Waals surface area contributed by atoms with E-state index in [1.807, 2.05) is 6.92 Å². The van der Waals surface area contributed by atoms with E-state index in [1.54, 1.807) is 0 Å². The zero-order chi connectivity index (χ0) is 15.2. The zero-order valence-electron chi connectivity index (χ0n) is 12.3. The molecule has 1 aliphatic rings. The SMILES string of the molecule is CC(NC(=O)NCC(C)(O)CC(=O)O)C1CCCCC1. The summed E-state index contributed by atoms with van der Waals surface area (Å²) in [5.41, 5.74) is -1.43. The molecular formula is C14H26N2O4. The number of carbonyl (C=O) groups excluding carboxylic acids is 1. The second kappa shape index (κ2) is 7.47. The third kappa shape index (κ3) is 6.23. The highest BCUT2D eigenvalue weighted by Crippen LogP contribution is 2.26. The Kier molecular flexibility index (Phi) is 6.26. The number of amides is 2. The van der Waals surface area contributed by atoms with Gasteiger partial charge in [0.15, 0.2) is 0 Å². The lowest BCUT2D eigenvalue weighted by atomic mass is 9.85. The van der Waals surface area contributed by atoms with Crippen LogP contribution in [0, 0.1) is 5.92 Å². The van der Waals surface area contributed by atoms with Gasteiger partial charge >= 0.3 is 12.0 Å². The van der Waals surface area contributed by atoms with Gasteiger partial charge in [-0.3, -0.25) is 4.79 Å². The van der Waals surface area contributed by atoms with Crippen LogP contribution in [0.1, 0.15) is 52.4 Å². The number of nitrogens with one attached hydrogen (secondary N) is 2. The molecule has 0 heterocycles. The van der Waals surface area contributed by atoms with Gasteiger partial charge in [-0.2, -0.15) is 0 Å². The molecule has 1 fully saturated rings. The monoisotopic (exact) mass is 286 g/mol. The number of hydrogen-bond donors (Lipinski definition) is 4. The van der Waals surface area contributed by atoms with Gasteiger partial charge in [0.25, 0.3) is 0 Å². The molecule has 0 aromatic carbocycles. The van der Waals surface area contributed by atoms with Crippen molar-refractivity contribution < 1.29 is 19.8 Å². The maximum absolute atomic E-state index is 11.7. The van der Waals surface area contributed by atoms with Crippen molar-refractivity contribution in [2.24, 2.45) is 5.92 Å². The van der Waals surface area contributed by atoms with Gasteiger partial charge in [0, 0.05) is 12.6 Å². The molecule has 116 valence electrons. The maximum Gasteiger partial charge on any atom is 0.315 e. The fourth-order valence-corrected chi connectivity index (χ4v) is 2.67. The first-order valence-corrected chi connectivity index (χ1v) is 7.29. The molecule has 0 bridgehead atoms. The molecule has 6 nitrogen and oxygen atoms in total. The lowest BCUT2D eigenvalue weighted by Crippen LogP contribution is -2.49. The molecule has 1 saturated carbocycles. The predicted molar refractivity (Wildman–Crippen MR) is 75.4 cm³/mol. The molecule has 0 aliphatic heterocycles. The number of urea groups is 1. The van der Waals surface area contributed by atoms with Crippen LogP contribution in [0.25, 0.3) is 0 Å².